The zero-order valence-corrected chi connectivity index (χ0v) is 17.5. The van der Waals surface area contributed by atoms with E-state index in [0.29, 0.717) is 10.7 Å². The average molecular weight is 447 g/mol. The van der Waals surface area contributed by atoms with Crippen LogP contribution in [0.5, 0.6) is 0 Å². The molecule has 13 heteroatoms. The first kappa shape index (κ1) is 24.6. The molecule has 1 aromatic carbocycles. The minimum atomic E-state index is -3.84. The summed E-state index contributed by atoms with van der Waals surface area (Å²) in [5.74, 6) is -1.93. The first-order chi connectivity index (χ1) is 13.6. The predicted molar refractivity (Wildman–Crippen MR) is 106 cm³/mol. The van der Waals surface area contributed by atoms with Crippen molar-refractivity contribution in [1.82, 2.24) is 9.80 Å². The van der Waals surface area contributed by atoms with E-state index in [1.807, 2.05) is 9.80 Å². The first-order valence-electron chi connectivity index (χ1n) is 8.25. The van der Waals surface area contributed by atoms with E-state index in [2.05, 4.69) is 15.8 Å². The average Bonchev–Trinajstić information content (AvgIpc) is 2.66. The van der Waals surface area contributed by atoms with Crippen molar-refractivity contribution < 1.29 is 27.5 Å². The second-order valence-corrected chi connectivity index (χ2v) is 8.53. The number of carbonyl (C=O) groups is 1. The van der Waals surface area contributed by atoms with Gasteiger partial charge in [0.15, 0.2) is 15.8 Å². The Labute approximate surface area is 173 Å². The molecular weight excluding hydrogens is 422 g/mol. The molecule has 0 aliphatic carbocycles. The number of nitrogens with zero attached hydrogens (tertiary/aromatic N) is 2. The molecule has 5 N–H and O–H groups in total. The number of hydrogen-bond acceptors (Lipinski definition) is 10. The van der Waals surface area contributed by atoms with Gasteiger partial charge in [-0.2, -0.15) is 4.33 Å². The summed E-state index contributed by atoms with van der Waals surface area (Å²) in [7, 11) is -2.50. The molecule has 1 fully saturated rings. The van der Waals surface area contributed by atoms with Crippen LogP contribution in [0.2, 0.25) is 0 Å². The van der Waals surface area contributed by atoms with Crippen LogP contribution in [0, 0.1) is 5.41 Å². The third-order valence-electron chi connectivity index (χ3n) is 3.72. The zero-order valence-electron chi connectivity index (χ0n) is 15.9. The van der Waals surface area contributed by atoms with Crippen LogP contribution in [-0.2, 0) is 23.9 Å². The Morgan fingerprint density at radius 3 is 2.14 bits per heavy atom. The van der Waals surface area contributed by atoms with Gasteiger partial charge in [-0.05, 0) is 24.3 Å². The molecule has 1 aliphatic rings. The van der Waals surface area contributed by atoms with Crippen molar-refractivity contribution in [2.75, 3.05) is 39.0 Å². The molecule has 0 aromatic heterocycles. The molecule has 0 spiro atoms. The number of carbonyl (C=O) groups excluding carboxylic acids is 1. The van der Waals surface area contributed by atoms with Crippen LogP contribution in [0.4, 0.5) is 0 Å². The van der Waals surface area contributed by atoms with Gasteiger partial charge in [-0.1, -0.05) is 6.58 Å². The summed E-state index contributed by atoms with van der Waals surface area (Å²) in [6, 6.07) is 5.54. The Morgan fingerprint density at radius 2 is 1.72 bits per heavy atom. The number of piperazine rings is 1. The van der Waals surface area contributed by atoms with Gasteiger partial charge in [0.05, 0.1) is 41.6 Å². The van der Waals surface area contributed by atoms with Gasteiger partial charge in [0.25, 0.3) is 0 Å². The van der Waals surface area contributed by atoms with Crippen LogP contribution in [0.25, 0.3) is 0 Å². The van der Waals surface area contributed by atoms with Gasteiger partial charge in [0.2, 0.25) is 0 Å². The zero-order chi connectivity index (χ0) is 22.0. The summed E-state index contributed by atoms with van der Waals surface area (Å²) >= 11 is 0.908. The predicted octanol–water partition coefficient (Wildman–Crippen LogP) is -1.28. The van der Waals surface area contributed by atoms with Crippen LogP contribution < -0.4 is 16.6 Å². The summed E-state index contributed by atoms with van der Waals surface area (Å²) in [4.78, 5) is 19.0. The minimum absolute atomic E-state index is 0.0801. The highest BCUT2D eigenvalue weighted by Crippen LogP contribution is 2.21. The molecule has 0 radical (unpaired) electrons. The van der Waals surface area contributed by atoms with E-state index in [1.54, 1.807) is 0 Å². The lowest BCUT2D eigenvalue weighted by Gasteiger charge is -2.35. The number of nitrogens with one attached hydrogen (secondary N) is 1. The Hall–Kier alpha value is -2.48. The lowest BCUT2D eigenvalue weighted by Crippen LogP contribution is -2.51. The number of guanidine groups is 1. The molecule has 0 unspecified atom stereocenters. The number of rotatable bonds is 7. The van der Waals surface area contributed by atoms with Gasteiger partial charge in [-0.3, -0.25) is 5.41 Å². The smallest absolute Gasteiger partial charge is 0.188 e. The number of nitrogens with two attached hydrogens (primary N) is 2. The molecule has 1 aliphatic heterocycles. The third kappa shape index (κ3) is 8.60. The highest BCUT2D eigenvalue weighted by Gasteiger charge is 2.17. The van der Waals surface area contributed by atoms with Crippen LogP contribution in [0.1, 0.15) is 0 Å². The maximum Gasteiger partial charge on any atom is 0.188 e. The van der Waals surface area contributed by atoms with E-state index in [9.17, 15) is 18.3 Å². The number of carboxylic acid groups (broad SMARTS) is 1. The second kappa shape index (κ2) is 11.5. The molecule has 2 rings (SSSR count). The lowest BCUT2D eigenvalue weighted by molar-refractivity contribution is -0.301. The monoisotopic (exact) mass is 446 g/mol. The van der Waals surface area contributed by atoms with Gasteiger partial charge in [-0.25, -0.2) is 13.3 Å². The number of aliphatic carboxylic acids is 1. The minimum Gasteiger partial charge on any atom is -0.549 e. The molecule has 1 heterocycles. The molecule has 0 amide bonds. The summed E-state index contributed by atoms with van der Waals surface area (Å²) in [5.41, 5.74) is 10.8. The fraction of sp³-hybridized carbons (Fsp3) is 0.375. The molecule has 0 atom stereocenters. The maximum absolute atomic E-state index is 11.5. The standard InChI is InChI=1S/C9H10O6S2.C7H15N5/c1-14-15-16-7-2-4-8(5-3-7)17(12,13)6-9(10)11;1-6(8)11-2-4-12(5-3-11)7(9)10/h2-5H,6H2,1H3,(H,10,11);1-5,8H2,(H3,9,10)/p-1. The number of sulfone groups is 1. The van der Waals surface area contributed by atoms with Gasteiger partial charge >= 0.3 is 0 Å². The topological polar surface area (TPSA) is 175 Å². The van der Waals surface area contributed by atoms with Crippen molar-refractivity contribution in [2.45, 2.75) is 9.79 Å². The third-order valence-corrected chi connectivity index (χ3v) is 5.99. The number of benzene rings is 1. The van der Waals surface area contributed by atoms with Crippen LogP contribution in [-0.4, -0.2) is 69.2 Å². The molecule has 0 saturated carbocycles. The van der Waals surface area contributed by atoms with E-state index in [4.69, 9.17) is 16.9 Å². The van der Waals surface area contributed by atoms with Crippen LogP contribution in [0.15, 0.2) is 46.5 Å². The summed E-state index contributed by atoms with van der Waals surface area (Å²) in [6.45, 7) is 6.76. The summed E-state index contributed by atoms with van der Waals surface area (Å²) in [5, 5.41) is 17.5. The van der Waals surface area contributed by atoms with E-state index in [-0.39, 0.29) is 10.9 Å². The Bertz CT molecular complexity index is 786. The molecule has 29 heavy (non-hydrogen) atoms. The SMILES string of the molecule is C=C(N)N1CCN(C(=N)N)CC1.COOSc1ccc(S(=O)(=O)CC(=O)[O-])cc1. The Balaban J connectivity index is 0.000000308. The van der Waals surface area contributed by atoms with Crippen molar-refractivity contribution in [3.8, 4) is 0 Å². The fourth-order valence-electron chi connectivity index (χ4n) is 2.25. The van der Waals surface area contributed by atoms with Gasteiger partial charge in [-0.15, -0.1) is 0 Å². The van der Waals surface area contributed by atoms with E-state index in [0.717, 1.165) is 38.2 Å². The normalized spacial score (nSPS) is 14.0. The van der Waals surface area contributed by atoms with Crippen molar-refractivity contribution in [2.24, 2.45) is 11.5 Å². The molecule has 0 bridgehead atoms. The summed E-state index contributed by atoms with van der Waals surface area (Å²) < 4.78 is 27.5. The molecule has 162 valence electrons. The van der Waals surface area contributed by atoms with Crippen LogP contribution >= 0.6 is 12.0 Å². The fourth-order valence-corrected chi connectivity index (χ4v) is 3.67. The van der Waals surface area contributed by atoms with Crippen LogP contribution in [0.3, 0.4) is 0 Å². The summed E-state index contributed by atoms with van der Waals surface area (Å²) in [6.07, 6.45) is 0. The number of carboxylic acids is 1. The first-order valence-corrected chi connectivity index (χ1v) is 10.6. The van der Waals surface area contributed by atoms with Gasteiger partial charge in [0.1, 0.15) is 0 Å². The lowest BCUT2D eigenvalue weighted by atomic mass is 10.3. The van der Waals surface area contributed by atoms with Gasteiger partial charge < -0.3 is 31.2 Å². The quantitative estimate of drug-likeness (QED) is 0.150. The number of hydrogen-bond donors (Lipinski definition) is 3. The van der Waals surface area contributed by atoms with Crippen molar-refractivity contribution >= 4 is 33.8 Å². The van der Waals surface area contributed by atoms with Crippen molar-refractivity contribution in [3.05, 3.63) is 36.7 Å². The van der Waals surface area contributed by atoms with Crippen molar-refractivity contribution in [3.63, 3.8) is 0 Å². The van der Waals surface area contributed by atoms with Gasteiger partial charge in [0, 0.05) is 31.1 Å². The Morgan fingerprint density at radius 1 is 1.21 bits per heavy atom. The highest BCUT2D eigenvalue weighted by molar-refractivity contribution is 7.94. The highest BCUT2D eigenvalue weighted by atomic mass is 32.2. The largest absolute Gasteiger partial charge is 0.549 e. The van der Waals surface area contributed by atoms with E-state index in [1.165, 1.54) is 31.4 Å². The molecular formula is C16H24N5O6S2-. The Kier molecular flexibility index (Phi) is 9.74. The van der Waals surface area contributed by atoms with E-state index >= 15 is 0 Å². The van der Waals surface area contributed by atoms with E-state index < -0.39 is 21.6 Å². The molecule has 1 aromatic rings. The maximum atomic E-state index is 11.5. The second-order valence-electron chi connectivity index (χ2n) is 5.77. The molecule has 1 saturated heterocycles. The van der Waals surface area contributed by atoms with Crippen molar-refractivity contribution in [1.29, 1.82) is 5.41 Å². The molecule has 11 nitrogen and oxygen atoms in total.